The summed E-state index contributed by atoms with van der Waals surface area (Å²) in [4.78, 5) is 35.5. The molecule has 6 nitrogen and oxygen atoms in total. The van der Waals surface area contributed by atoms with E-state index < -0.39 is 17.8 Å². The first-order valence-electron chi connectivity index (χ1n) is 6.15. The number of benzene rings is 2. The average Bonchev–Trinajstić information content (AvgIpc) is 2.47. The predicted octanol–water partition coefficient (Wildman–Crippen LogP) is 2.20. The molecule has 0 unspecified atom stereocenters. The van der Waals surface area contributed by atoms with Gasteiger partial charge in [-0.05, 0) is 30.3 Å². The summed E-state index contributed by atoms with van der Waals surface area (Å²) in [6, 6.07) is 10.6. The Kier molecular flexibility index (Phi) is 2.91. The van der Waals surface area contributed by atoms with E-state index in [2.05, 4.69) is 10.6 Å². The first-order chi connectivity index (χ1) is 10.1. The molecule has 0 bridgehead atoms. The lowest BCUT2D eigenvalue weighted by atomic mass is 10.0. The average molecular weight is 282 g/mol. The minimum atomic E-state index is -1.16. The Bertz CT molecular complexity index is 783. The van der Waals surface area contributed by atoms with Gasteiger partial charge in [0.05, 0.1) is 28.1 Å². The van der Waals surface area contributed by atoms with Crippen LogP contribution in [0.5, 0.6) is 0 Å². The monoisotopic (exact) mass is 282 g/mol. The van der Waals surface area contributed by atoms with Crippen molar-refractivity contribution in [3.05, 3.63) is 59.2 Å². The Hall–Kier alpha value is -3.15. The molecule has 21 heavy (non-hydrogen) atoms. The Morgan fingerprint density at radius 3 is 2.00 bits per heavy atom. The summed E-state index contributed by atoms with van der Waals surface area (Å²) in [5.74, 6) is -2.13. The van der Waals surface area contributed by atoms with Gasteiger partial charge in [0.25, 0.3) is 11.8 Å². The molecule has 3 N–H and O–H groups in total. The largest absolute Gasteiger partial charge is 0.478 e. The van der Waals surface area contributed by atoms with Crippen molar-refractivity contribution in [2.24, 2.45) is 0 Å². The van der Waals surface area contributed by atoms with E-state index in [1.807, 2.05) is 0 Å². The molecule has 0 atom stereocenters. The number of anilines is 2. The second kappa shape index (κ2) is 4.75. The van der Waals surface area contributed by atoms with Gasteiger partial charge in [-0.15, -0.1) is 0 Å². The van der Waals surface area contributed by atoms with Crippen LogP contribution in [0.15, 0.2) is 42.5 Å². The molecule has 1 aliphatic rings. The maximum atomic E-state index is 12.3. The molecule has 104 valence electrons. The molecule has 6 heteroatoms. The molecule has 1 aliphatic heterocycles. The first-order valence-corrected chi connectivity index (χ1v) is 6.15. The zero-order valence-corrected chi connectivity index (χ0v) is 10.7. The van der Waals surface area contributed by atoms with Gasteiger partial charge in [0, 0.05) is 0 Å². The lowest BCUT2D eigenvalue weighted by molar-refractivity contribution is 0.0696. The number of aromatic carboxylic acids is 1. The Morgan fingerprint density at radius 2 is 1.43 bits per heavy atom. The SMILES string of the molecule is O=C(O)c1ccc2c(c1)C(=O)Nc1ccccc1NC2=O. The van der Waals surface area contributed by atoms with Gasteiger partial charge < -0.3 is 15.7 Å². The maximum absolute atomic E-state index is 12.3. The fourth-order valence-corrected chi connectivity index (χ4v) is 2.14. The molecule has 2 aromatic carbocycles. The summed E-state index contributed by atoms with van der Waals surface area (Å²) in [6.07, 6.45) is 0. The van der Waals surface area contributed by atoms with Crippen molar-refractivity contribution in [2.45, 2.75) is 0 Å². The van der Waals surface area contributed by atoms with Gasteiger partial charge in [-0.3, -0.25) is 9.59 Å². The van der Waals surface area contributed by atoms with Crippen LogP contribution in [0.2, 0.25) is 0 Å². The second-order valence-electron chi connectivity index (χ2n) is 4.52. The van der Waals surface area contributed by atoms with Crippen LogP contribution in [-0.4, -0.2) is 22.9 Å². The van der Waals surface area contributed by atoms with Gasteiger partial charge in [-0.25, -0.2) is 4.79 Å². The molecule has 3 rings (SSSR count). The van der Waals surface area contributed by atoms with Gasteiger partial charge in [0.15, 0.2) is 0 Å². The van der Waals surface area contributed by atoms with Crippen LogP contribution < -0.4 is 10.6 Å². The number of hydrogen-bond donors (Lipinski definition) is 3. The molecule has 0 spiro atoms. The predicted molar refractivity (Wildman–Crippen MR) is 75.7 cm³/mol. The molecular weight excluding hydrogens is 272 g/mol. The fraction of sp³-hybridized carbons (Fsp3) is 0. The lowest BCUT2D eigenvalue weighted by Crippen LogP contribution is -2.25. The molecule has 2 aromatic rings. The van der Waals surface area contributed by atoms with E-state index in [0.717, 1.165) is 0 Å². The second-order valence-corrected chi connectivity index (χ2v) is 4.52. The van der Waals surface area contributed by atoms with Gasteiger partial charge >= 0.3 is 5.97 Å². The van der Waals surface area contributed by atoms with Crippen molar-refractivity contribution in [1.29, 1.82) is 0 Å². The van der Waals surface area contributed by atoms with E-state index in [0.29, 0.717) is 11.4 Å². The number of hydrogen-bond acceptors (Lipinski definition) is 3. The third kappa shape index (κ3) is 2.23. The quantitative estimate of drug-likeness (QED) is 0.747. The number of carboxylic acids is 1. The van der Waals surface area contributed by atoms with E-state index in [1.54, 1.807) is 24.3 Å². The molecule has 0 fully saturated rings. The fourth-order valence-electron chi connectivity index (χ4n) is 2.14. The number of rotatable bonds is 1. The zero-order chi connectivity index (χ0) is 15.0. The highest BCUT2D eigenvalue weighted by Crippen LogP contribution is 2.26. The number of carboxylic acid groups (broad SMARTS) is 1. The van der Waals surface area contributed by atoms with Crippen LogP contribution in [0.1, 0.15) is 31.1 Å². The molecule has 0 saturated heterocycles. The highest BCUT2D eigenvalue weighted by molar-refractivity contribution is 6.19. The third-order valence-electron chi connectivity index (χ3n) is 3.18. The van der Waals surface area contributed by atoms with Crippen LogP contribution in [0, 0.1) is 0 Å². The van der Waals surface area contributed by atoms with Gasteiger partial charge in [-0.2, -0.15) is 0 Å². The van der Waals surface area contributed by atoms with Crippen LogP contribution in [0.4, 0.5) is 11.4 Å². The molecule has 0 aromatic heterocycles. The summed E-state index contributed by atoms with van der Waals surface area (Å²) < 4.78 is 0. The van der Waals surface area contributed by atoms with Crippen LogP contribution >= 0.6 is 0 Å². The number of amides is 2. The number of carbonyl (C=O) groups excluding carboxylic acids is 2. The van der Waals surface area contributed by atoms with Crippen molar-refractivity contribution in [2.75, 3.05) is 10.6 Å². The Morgan fingerprint density at radius 1 is 0.857 bits per heavy atom. The minimum absolute atomic E-state index is 0.0295. The molecule has 2 amide bonds. The number of nitrogens with one attached hydrogen (secondary N) is 2. The highest BCUT2D eigenvalue weighted by atomic mass is 16.4. The summed E-state index contributed by atoms with van der Waals surface area (Å²) in [5, 5.41) is 14.3. The summed E-state index contributed by atoms with van der Waals surface area (Å²) >= 11 is 0. The van der Waals surface area contributed by atoms with Crippen molar-refractivity contribution < 1.29 is 19.5 Å². The van der Waals surface area contributed by atoms with Crippen LogP contribution in [0.3, 0.4) is 0 Å². The van der Waals surface area contributed by atoms with Crippen LogP contribution in [-0.2, 0) is 0 Å². The van der Waals surface area contributed by atoms with E-state index >= 15 is 0 Å². The standard InChI is InChI=1S/C15H10N2O4/c18-13-9-6-5-8(15(20)21)7-10(9)14(19)17-12-4-2-1-3-11(12)16-13/h1-7H,(H,16,18)(H,17,19)(H,20,21). The number of para-hydroxylation sites is 2. The van der Waals surface area contributed by atoms with Crippen molar-refractivity contribution >= 4 is 29.2 Å². The molecule has 1 heterocycles. The van der Waals surface area contributed by atoms with Crippen molar-refractivity contribution in [3.8, 4) is 0 Å². The Balaban J connectivity index is 2.14. The molecular formula is C15H10N2O4. The van der Waals surface area contributed by atoms with Crippen molar-refractivity contribution in [3.63, 3.8) is 0 Å². The Labute approximate surface area is 119 Å². The summed E-state index contributed by atoms with van der Waals surface area (Å²) in [5.41, 5.74) is 1.06. The van der Waals surface area contributed by atoms with Gasteiger partial charge in [0.2, 0.25) is 0 Å². The number of fused-ring (bicyclic) bond motifs is 2. The molecule has 0 radical (unpaired) electrons. The third-order valence-corrected chi connectivity index (χ3v) is 3.18. The van der Waals surface area contributed by atoms with E-state index in [1.165, 1.54) is 18.2 Å². The van der Waals surface area contributed by atoms with E-state index in [4.69, 9.17) is 5.11 Å². The smallest absolute Gasteiger partial charge is 0.335 e. The minimum Gasteiger partial charge on any atom is -0.478 e. The normalized spacial score (nSPS) is 13.1. The number of carbonyl (C=O) groups is 3. The summed E-state index contributed by atoms with van der Waals surface area (Å²) in [7, 11) is 0. The zero-order valence-electron chi connectivity index (χ0n) is 10.7. The lowest BCUT2D eigenvalue weighted by Gasteiger charge is -2.18. The van der Waals surface area contributed by atoms with E-state index in [-0.39, 0.29) is 16.7 Å². The maximum Gasteiger partial charge on any atom is 0.335 e. The molecule has 0 aliphatic carbocycles. The summed E-state index contributed by atoms with van der Waals surface area (Å²) in [6.45, 7) is 0. The van der Waals surface area contributed by atoms with Crippen molar-refractivity contribution in [1.82, 2.24) is 0 Å². The highest BCUT2D eigenvalue weighted by Gasteiger charge is 2.23. The first kappa shape index (κ1) is 12.9. The van der Waals surface area contributed by atoms with E-state index in [9.17, 15) is 14.4 Å². The molecule has 0 saturated carbocycles. The van der Waals surface area contributed by atoms with Gasteiger partial charge in [0.1, 0.15) is 0 Å². The topological polar surface area (TPSA) is 95.5 Å². The van der Waals surface area contributed by atoms with Gasteiger partial charge in [-0.1, -0.05) is 12.1 Å². The van der Waals surface area contributed by atoms with Crippen LogP contribution in [0.25, 0.3) is 0 Å².